The highest BCUT2D eigenvalue weighted by Crippen LogP contribution is 2.47. The average molecular weight is 188 g/mol. The zero-order chi connectivity index (χ0) is 8.70. The Hall–Kier alpha value is -0.0300. The van der Waals surface area contributed by atoms with Crippen molar-refractivity contribution in [3.05, 3.63) is 0 Å². The molecule has 66 valence electrons. The van der Waals surface area contributed by atoms with Crippen LogP contribution in [-0.2, 0) is 9.09 Å². The first kappa shape index (κ1) is 9.06. The van der Waals surface area contributed by atoms with Gasteiger partial charge in [0.1, 0.15) is 0 Å². The van der Waals surface area contributed by atoms with E-state index in [9.17, 15) is 13.3 Å². The van der Waals surface area contributed by atoms with Gasteiger partial charge >= 0.3 is 7.82 Å². The van der Waals surface area contributed by atoms with Crippen LogP contribution >= 0.6 is 7.82 Å². The molecule has 1 rings (SSSR count). The predicted octanol–water partition coefficient (Wildman–Crippen LogP) is 0.893. The van der Waals surface area contributed by atoms with Gasteiger partial charge in [-0.3, -0.25) is 4.52 Å². The summed E-state index contributed by atoms with van der Waals surface area (Å²) < 4.78 is 38.1. The first-order valence-electron chi connectivity index (χ1n) is 2.90. The summed E-state index contributed by atoms with van der Waals surface area (Å²) >= 11 is 0. The van der Waals surface area contributed by atoms with E-state index in [1.54, 1.807) is 0 Å². The number of rotatable bonds is 2. The molecule has 0 aromatic heterocycles. The largest absolute Gasteiger partial charge is 0.469 e. The van der Waals surface area contributed by atoms with E-state index in [0.717, 1.165) is 0 Å². The first-order valence-corrected chi connectivity index (χ1v) is 4.43. The molecule has 0 bridgehead atoms. The predicted molar refractivity (Wildman–Crippen MR) is 31.1 cm³/mol. The van der Waals surface area contributed by atoms with Crippen LogP contribution in [0.5, 0.6) is 0 Å². The smallest absolute Gasteiger partial charge is 0.303 e. The molecule has 1 saturated carbocycles. The number of phosphoric acid groups is 1. The highest BCUT2D eigenvalue weighted by molar-refractivity contribution is 7.46. The lowest BCUT2D eigenvalue weighted by Gasteiger charge is -2.34. The summed E-state index contributed by atoms with van der Waals surface area (Å²) in [7, 11) is -4.58. The summed E-state index contributed by atoms with van der Waals surface area (Å²) in [6, 6.07) is 0. The van der Waals surface area contributed by atoms with Crippen LogP contribution in [0.4, 0.5) is 8.78 Å². The van der Waals surface area contributed by atoms with Crippen LogP contribution in [0.1, 0.15) is 12.8 Å². The van der Waals surface area contributed by atoms with Crippen LogP contribution in [0.15, 0.2) is 0 Å². The normalized spacial score (nSPS) is 24.7. The highest BCUT2D eigenvalue weighted by Gasteiger charge is 2.48. The third-order valence-electron chi connectivity index (χ3n) is 1.34. The molecule has 0 amide bonds. The van der Waals surface area contributed by atoms with E-state index in [2.05, 4.69) is 4.52 Å². The highest BCUT2D eigenvalue weighted by atomic mass is 31.2. The van der Waals surface area contributed by atoms with Gasteiger partial charge < -0.3 is 9.79 Å². The fourth-order valence-electron chi connectivity index (χ4n) is 0.875. The Morgan fingerprint density at radius 3 is 2.18 bits per heavy atom. The molecular formula is C4H7F2O4P. The van der Waals surface area contributed by atoms with Gasteiger partial charge in [0.15, 0.2) is 0 Å². The van der Waals surface area contributed by atoms with Gasteiger partial charge in [-0.15, -0.1) is 0 Å². The van der Waals surface area contributed by atoms with Crippen molar-refractivity contribution in [3.8, 4) is 0 Å². The van der Waals surface area contributed by atoms with Crippen LogP contribution in [0, 0.1) is 0 Å². The Balaban J connectivity index is 2.30. The van der Waals surface area contributed by atoms with Crippen molar-refractivity contribution < 1.29 is 27.7 Å². The third kappa shape index (κ3) is 2.83. The summed E-state index contributed by atoms with van der Waals surface area (Å²) in [5.41, 5.74) is 0. The van der Waals surface area contributed by atoms with Crippen molar-refractivity contribution in [3.63, 3.8) is 0 Å². The van der Waals surface area contributed by atoms with Gasteiger partial charge in [0.2, 0.25) is 0 Å². The third-order valence-corrected chi connectivity index (χ3v) is 1.91. The monoisotopic (exact) mass is 188 g/mol. The maximum Gasteiger partial charge on any atom is 0.469 e. The second kappa shape index (κ2) is 2.48. The lowest BCUT2D eigenvalue weighted by molar-refractivity contribution is -0.139. The van der Waals surface area contributed by atoms with E-state index in [-0.39, 0.29) is 0 Å². The lowest BCUT2D eigenvalue weighted by Crippen LogP contribution is -2.40. The number of phosphoric ester groups is 1. The molecule has 0 spiro atoms. The SMILES string of the molecule is O=P(O)(O)OC1CC(F)(F)C1. The van der Waals surface area contributed by atoms with E-state index in [0.29, 0.717) is 0 Å². The van der Waals surface area contributed by atoms with Crippen LogP contribution in [0.25, 0.3) is 0 Å². The summed E-state index contributed by atoms with van der Waals surface area (Å²) in [6.45, 7) is 0. The fraction of sp³-hybridized carbons (Fsp3) is 1.00. The molecule has 2 N–H and O–H groups in total. The van der Waals surface area contributed by atoms with Crippen molar-refractivity contribution in [2.75, 3.05) is 0 Å². The molecule has 4 nitrogen and oxygen atoms in total. The maximum absolute atomic E-state index is 12.0. The molecule has 1 fully saturated rings. The fourth-order valence-corrected chi connectivity index (χ4v) is 1.41. The number of alkyl halides is 2. The van der Waals surface area contributed by atoms with E-state index in [1.807, 2.05) is 0 Å². The molecule has 1 aliphatic rings. The molecule has 11 heavy (non-hydrogen) atoms. The molecule has 0 heterocycles. The molecular weight excluding hydrogens is 181 g/mol. The Morgan fingerprint density at radius 2 is 1.91 bits per heavy atom. The Morgan fingerprint density at radius 1 is 1.45 bits per heavy atom. The minimum Gasteiger partial charge on any atom is -0.303 e. The Labute approximate surface area is 61.4 Å². The van der Waals surface area contributed by atoms with Crippen molar-refractivity contribution in [1.29, 1.82) is 0 Å². The van der Waals surface area contributed by atoms with Crippen molar-refractivity contribution in [1.82, 2.24) is 0 Å². The van der Waals surface area contributed by atoms with Crippen LogP contribution in [-0.4, -0.2) is 21.8 Å². The molecule has 0 radical (unpaired) electrons. The molecule has 0 aliphatic heterocycles. The Bertz CT molecular complexity index is 192. The summed E-state index contributed by atoms with van der Waals surface area (Å²) in [4.78, 5) is 16.3. The van der Waals surface area contributed by atoms with Crippen LogP contribution in [0.2, 0.25) is 0 Å². The molecule has 1 aliphatic carbocycles. The summed E-state index contributed by atoms with van der Waals surface area (Å²) in [5, 5.41) is 0. The van der Waals surface area contributed by atoms with E-state index < -0.39 is 32.7 Å². The van der Waals surface area contributed by atoms with Gasteiger partial charge in [0.05, 0.1) is 6.10 Å². The molecule has 7 heteroatoms. The van der Waals surface area contributed by atoms with E-state index in [4.69, 9.17) is 9.79 Å². The van der Waals surface area contributed by atoms with Crippen molar-refractivity contribution >= 4 is 7.82 Å². The second-order valence-corrected chi connectivity index (χ2v) is 3.67. The van der Waals surface area contributed by atoms with Gasteiger partial charge in [-0.25, -0.2) is 13.3 Å². The first-order chi connectivity index (χ1) is 4.79. The molecule has 0 atom stereocenters. The number of hydrogen-bond acceptors (Lipinski definition) is 2. The molecule has 0 saturated heterocycles. The zero-order valence-electron chi connectivity index (χ0n) is 5.41. The average Bonchev–Trinajstić information content (AvgIpc) is 1.53. The summed E-state index contributed by atoms with van der Waals surface area (Å²) in [5.74, 6) is -2.81. The topological polar surface area (TPSA) is 66.8 Å². The van der Waals surface area contributed by atoms with E-state index >= 15 is 0 Å². The van der Waals surface area contributed by atoms with Crippen LogP contribution in [0.3, 0.4) is 0 Å². The van der Waals surface area contributed by atoms with E-state index in [1.165, 1.54) is 0 Å². The zero-order valence-corrected chi connectivity index (χ0v) is 6.30. The Kier molecular flexibility index (Phi) is 2.05. The minimum atomic E-state index is -4.58. The van der Waals surface area contributed by atoms with Gasteiger partial charge in [0, 0.05) is 12.8 Å². The molecule has 0 unspecified atom stereocenters. The van der Waals surface area contributed by atoms with Gasteiger partial charge in [-0.2, -0.15) is 0 Å². The van der Waals surface area contributed by atoms with Gasteiger partial charge in [-0.05, 0) is 0 Å². The quantitative estimate of drug-likeness (QED) is 0.631. The van der Waals surface area contributed by atoms with Crippen molar-refractivity contribution in [2.24, 2.45) is 0 Å². The molecule has 0 aromatic carbocycles. The lowest BCUT2D eigenvalue weighted by atomic mass is 9.91. The van der Waals surface area contributed by atoms with Crippen LogP contribution < -0.4 is 0 Å². The molecule has 0 aromatic rings. The standard InChI is InChI=1S/C4H7F2O4P/c5-4(6)1-3(2-4)10-11(7,8)9/h3H,1-2H2,(H2,7,8,9). The number of halogens is 2. The van der Waals surface area contributed by atoms with Gasteiger partial charge in [0.25, 0.3) is 5.92 Å². The minimum absolute atomic E-state index is 0.599. The van der Waals surface area contributed by atoms with Crippen molar-refractivity contribution in [2.45, 2.75) is 24.9 Å². The maximum atomic E-state index is 12.0. The second-order valence-electron chi connectivity index (χ2n) is 2.48. The number of hydrogen-bond donors (Lipinski definition) is 2. The summed E-state index contributed by atoms with van der Waals surface area (Å²) in [6.07, 6.45) is -2.19. The van der Waals surface area contributed by atoms with Gasteiger partial charge in [-0.1, -0.05) is 0 Å².